The van der Waals surface area contributed by atoms with Crippen molar-refractivity contribution in [2.24, 2.45) is 0 Å². The number of rotatable bonds is 3. The molecule has 2 aromatic rings. The average molecular weight is 368 g/mol. The number of methoxy groups -OCH3 is 1. The topological polar surface area (TPSA) is 35.0 Å². The lowest BCUT2D eigenvalue weighted by Gasteiger charge is -2.14. The number of halogens is 2. The van der Waals surface area contributed by atoms with Crippen LogP contribution in [0, 0.1) is 0 Å². The molecule has 21 heavy (non-hydrogen) atoms. The van der Waals surface area contributed by atoms with Crippen LogP contribution in [0.3, 0.4) is 0 Å². The van der Waals surface area contributed by atoms with Gasteiger partial charge in [0.15, 0.2) is 5.82 Å². The molecular weight excluding hydrogens is 352 g/mol. The second kappa shape index (κ2) is 6.32. The van der Waals surface area contributed by atoms with Crippen LogP contribution >= 0.6 is 27.5 Å². The summed E-state index contributed by atoms with van der Waals surface area (Å²) < 4.78 is 6.23. The van der Waals surface area contributed by atoms with Crippen molar-refractivity contribution in [2.75, 3.05) is 7.11 Å². The molecule has 1 aromatic carbocycles. The maximum absolute atomic E-state index is 6.30. The molecule has 0 amide bonds. The van der Waals surface area contributed by atoms with Crippen LogP contribution in [-0.4, -0.2) is 17.1 Å². The van der Waals surface area contributed by atoms with Gasteiger partial charge in [0.1, 0.15) is 10.9 Å². The van der Waals surface area contributed by atoms with Crippen molar-refractivity contribution in [2.45, 2.75) is 31.6 Å². The third kappa shape index (κ3) is 2.92. The van der Waals surface area contributed by atoms with Crippen molar-refractivity contribution < 1.29 is 4.74 Å². The summed E-state index contributed by atoms with van der Waals surface area (Å²) >= 11 is 9.85. The van der Waals surface area contributed by atoms with Crippen molar-refractivity contribution in [1.82, 2.24) is 9.97 Å². The molecule has 0 spiro atoms. The van der Waals surface area contributed by atoms with E-state index < -0.39 is 0 Å². The Kier molecular flexibility index (Phi) is 4.45. The first-order chi connectivity index (χ1) is 10.2. The van der Waals surface area contributed by atoms with Crippen LogP contribution in [-0.2, 0) is 0 Å². The van der Waals surface area contributed by atoms with Gasteiger partial charge in [-0.2, -0.15) is 0 Å². The van der Waals surface area contributed by atoms with Gasteiger partial charge in [0.2, 0.25) is 0 Å². The Hall–Kier alpha value is -1.13. The second-order valence-electron chi connectivity index (χ2n) is 5.22. The fourth-order valence-electron chi connectivity index (χ4n) is 2.86. The van der Waals surface area contributed by atoms with E-state index in [1.54, 1.807) is 7.11 Å². The highest BCUT2D eigenvalue weighted by molar-refractivity contribution is 9.10. The second-order valence-corrected chi connectivity index (χ2v) is 6.37. The lowest BCUT2D eigenvalue weighted by atomic mass is 10.0. The Morgan fingerprint density at radius 1 is 1.19 bits per heavy atom. The van der Waals surface area contributed by atoms with Crippen molar-refractivity contribution in [3.63, 3.8) is 0 Å². The largest absolute Gasteiger partial charge is 0.496 e. The standard InChI is InChI=1S/C16H16BrClN2O/c1-21-12-9-5-4-8-11(12)16-19-14(10-6-2-3-7-10)13(17)15(18)20-16/h4-5,8-10H,2-3,6-7H2,1H3. The molecule has 0 bridgehead atoms. The summed E-state index contributed by atoms with van der Waals surface area (Å²) in [5.74, 6) is 1.85. The van der Waals surface area contributed by atoms with E-state index in [9.17, 15) is 0 Å². The summed E-state index contributed by atoms with van der Waals surface area (Å²) in [6, 6.07) is 7.74. The molecule has 1 heterocycles. The predicted molar refractivity (Wildman–Crippen MR) is 87.9 cm³/mol. The molecule has 1 saturated carbocycles. The maximum Gasteiger partial charge on any atom is 0.164 e. The van der Waals surface area contributed by atoms with Gasteiger partial charge in [-0.25, -0.2) is 9.97 Å². The molecule has 0 atom stereocenters. The Labute approximate surface area is 137 Å². The van der Waals surface area contributed by atoms with Crippen molar-refractivity contribution in [1.29, 1.82) is 0 Å². The zero-order valence-electron chi connectivity index (χ0n) is 11.8. The Morgan fingerprint density at radius 2 is 1.90 bits per heavy atom. The molecule has 0 aliphatic heterocycles. The first kappa shape index (κ1) is 14.8. The number of nitrogens with zero attached hydrogens (tertiary/aromatic N) is 2. The van der Waals surface area contributed by atoms with Crippen molar-refractivity contribution >= 4 is 27.5 Å². The van der Waals surface area contributed by atoms with Gasteiger partial charge < -0.3 is 4.74 Å². The van der Waals surface area contributed by atoms with Gasteiger partial charge in [0.05, 0.1) is 22.8 Å². The molecule has 0 unspecified atom stereocenters. The van der Waals surface area contributed by atoms with E-state index in [2.05, 4.69) is 20.9 Å². The van der Waals surface area contributed by atoms with E-state index in [0.29, 0.717) is 16.9 Å². The zero-order valence-corrected chi connectivity index (χ0v) is 14.1. The molecule has 3 rings (SSSR count). The van der Waals surface area contributed by atoms with Crippen LogP contribution in [0.2, 0.25) is 5.15 Å². The monoisotopic (exact) mass is 366 g/mol. The normalized spacial score (nSPS) is 15.4. The van der Waals surface area contributed by atoms with Gasteiger partial charge in [-0.1, -0.05) is 36.6 Å². The average Bonchev–Trinajstić information content (AvgIpc) is 3.04. The fourth-order valence-corrected chi connectivity index (χ4v) is 3.53. The molecule has 0 saturated heterocycles. The molecular formula is C16H16BrClN2O. The number of hydrogen-bond acceptors (Lipinski definition) is 3. The fraction of sp³-hybridized carbons (Fsp3) is 0.375. The highest BCUT2D eigenvalue weighted by Crippen LogP contribution is 2.40. The summed E-state index contributed by atoms with van der Waals surface area (Å²) in [4.78, 5) is 9.18. The maximum atomic E-state index is 6.30. The lowest BCUT2D eigenvalue weighted by Crippen LogP contribution is -2.03. The first-order valence-corrected chi connectivity index (χ1v) is 8.24. The molecule has 1 fully saturated rings. The predicted octanol–water partition coefficient (Wildman–Crippen LogP) is 5.23. The number of benzene rings is 1. The van der Waals surface area contributed by atoms with E-state index in [1.165, 1.54) is 12.8 Å². The van der Waals surface area contributed by atoms with Crippen LogP contribution in [0.1, 0.15) is 37.3 Å². The van der Waals surface area contributed by atoms with E-state index >= 15 is 0 Å². The van der Waals surface area contributed by atoms with Gasteiger partial charge in [-0.15, -0.1) is 0 Å². The van der Waals surface area contributed by atoms with Crippen molar-refractivity contribution in [3.8, 4) is 17.1 Å². The van der Waals surface area contributed by atoms with Crippen molar-refractivity contribution in [3.05, 3.63) is 39.6 Å². The summed E-state index contributed by atoms with van der Waals surface area (Å²) in [5, 5.41) is 0.466. The minimum absolute atomic E-state index is 0.466. The van der Waals surface area contributed by atoms with Crippen LogP contribution < -0.4 is 4.74 Å². The Morgan fingerprint density at radius 3 is 2.62 bits per heavy atom. The van der Waals surface area contributed by atoms with E-state index in [0.717, 1.165) is 34.3 Å². The van der Waals surface area contributed by atoms with Crippen LogP contribution in [0.5, 0.6) is 5.75 Å². The zero-order chi connectivity index (χ0) is 14.8. The van der Waals surface area contributed by atoms with E-state index in [1.807, 2.05) is 24.3 Å². The molecule has 1 aliphatic carbocycles. The molecule has 0 radical (unpaired) electrons. The summed E-state index contributed by atoms with van der Waals surface area (Å²) in [6.07, 6.45) is 4.83. The molecule has 5 heteroatoms. The smallest absolute Gasteiger partial charge is 0.164 e. The summed E-state index contributed by atoms with van der Waals surface area (Å²) in [7, 11) is 1.65. The first-order valence-electron chi connectivity index (χ1n) is 7.07. The summed E-state index contributed by atoms with van der Waals surface area (Å²) in [5.41, 5.74) is 1.89. The van der Waals surface area contributed by atoms with E-state index in [-0.39, 0.29) is 0 Å². The Balaban J connectivity index is 2.11. The number of aromatic nitrogens is 2. The van der Waals surface area contributed by atoms with E-state index in [4.69, 9.17) is 21.3 Å². The highest BCUT2D eigenvalue weighted by atomic mass is 79.9. The molecule has 110 valence electrons. The molecule has 0 N–H and O–H groups in total. The van der Waals surface area contributed by atoms with Gasteiger partial charge in [-0.3, -0.25) is 0 Å². The molecule has 1 aliphatic rings. The molecule has 3 nitrogen and oxygen atoms in total. The van der Waals surface area contributed by atoms with Crippen LogP contribution in [0.15, 0.2) is 28.7 Å². The van der Waals surface area contributed by atoms with Gasteiger partial charge in [0, 0.05) is 5.92 Å². The number of para-hydroxylation sites is 1. The minimum Gasteiger partial charge on any atom is -0.496 e. The van der Waals surface area contributed by atoms with Crippen LogP contribution in [0.4, 0.5) is 0 Å². The lowest BCUT2D eigenvalue weighted by molar-refractivity contribution is 0.416. The Bertz CT molecular complexity index is 657. The number of ether oxygens (including phenoxy) is 1. The van der Waals surface area contributed by atoms with Gasteiger partial charge in [-0.05, 0) is 40.9 Å². The summed E-state index contributed by atoms with van der Waals surface area (Å²) in [6.45, 7) is 0. The SMILES string of the molecule is COc1ccccc1-c1nc(Cl)c(Br)c(C2CCCC2)n1. The van der Waals surface area contributed by atoms with Gasteiger partial charge >= 0.3 is 0 Å². The minimum atomic E-state index is 0.466. The molecule has 1 aromatic heterocycles. The highest BCUT2D eigenvalue weighted by Gasteiger charge is 2.24. The third-order valence-corrected chi connectivity index (χ3v) is 5.21. The number of hydrogen-bond donors (Lipinski definition) is 0. The van der Waals surface area contributed by atoms with Crippen LogP contribution in [0.25, 0.3) is 11.4 Å². The third-order valence-electron chi connectivity index (χ3n) is 3.93. The van der Waals surface area contributed by atoms with Gasteiger partial charge in [0.25, 0.3) is 0 Å². The quantitative estimate of drug-likeness (QED) is 0.697.